The average molecular weight is 242 g/mol. The number of hydrogen-bond acceptors (Lipinski definition) is 4. The molecule has 94 valence electrons. The van der Waals surface area contributed by atoms with E-state index in [4.69, 9.17) is 0 Å². The Bertz CT molecular complexity index is 467. The Hall–Kier alpha value is -1.78. The van der Waals surface area contributed by atoms with Crippen molar-refractivity contribution in [3.63, 3.8) is 0 Å². The highest BCUT2D eigenvalue weighted by Crippen LogP contribution is 2.48. The molecule has 0 aromatic carbocycles. The van der Waals surface area contributed by atoms with E-state index in [0.29, 0.717) is 0 Å². The van der Waals surface area contributed by atoms with Gasteiger partial charge in [-0.1, -0.05) is 0 Å². The molecule has 1 saturated heterocycles. The molecule has 2 aliphatic heterocycles. The molecule has 0 bridgehead atoms. The summed E-state index contributed by atoms with van der Waals surface area (Å²) in [5.74, 6) is 0. The number of dihydropyridines is 1. The Morgan fingerprint density at radius 3 is 1.89 bits per heavy atom. The zero-order valence-electron chi connectivity index (χ0n) is 11.2. The Morgan fingerprint density at radius 2 is 1.50 bits per heavy atom. The summed E-state index contributed by atoms with van der Waals surface area (Å²) in [6, 6.07) is 4.65. The maximum absolute atomic E-state index is 9.45. The van der Waals surface area contributed by atoms with Gasteiger partial charge in [-0.3, -0.25) is 0 Å². The minimum atomic E-state index is -0.352. The number of hydrogen-bond donors (Lipinski definition) is 1. The van der Waals surface area contributed by atoms with Gasteiger partial charge in [0.15, 0.2) is 0 Å². The lowest BCUT2D eigenvalue weighted by molar-refractivity contribution is 0.185. The van der Waals surface area contributed by atoms with Gasteiger partial charge >= 0.3 is 0 Å². The number of piperidine rings is 1. The van der Waals surface area contributed by atoms with Crippen LogP contribution < -0.4 is 5.32 Å². The van der Waals surface area contributed by atoms with E-state index in [1.807, 2.05) is 13.8 Å². The molecule has 2 aliphatic rings. The van der Waals surface area contributed by atoms with Gasteiger partial charge in [0.05, 0.1) is 23.3 Å². The first-order valence-electron chi connectivity index (χ1n) is 6.23. The van der Waals surface area contributed by atoms with Crippen molar-refractivity contribution in [2.24, 2.45) is 5.41 Å². The fourth-order valence-electron chi connectivity index (χ4n) is 3.13. The summed E-state index contributed by atoms with van der Waals surface area (Å²) >= 11 is 0. The summed E-state index contributed by atoms with van der Waals surface area (Å²) in [6.45, 7) is 5.71. The van der Waals surface area contributed by atoms with E-state index in [1.54, 1.807) is 0 Å². The first-order valence-corrected chi connectivity index (χ1v) is 6.23. The summed E-state index contributed by atoms with van der Waals surface area (Å²) in [5, 5.41) is 22.1. The molecule has 0 amide bonds. The van der Waals surface area contributed by atoms with Crippen molar-refractivity contribution in [1.82, 2.24) is 10.2 Å². The van der Waals surface area contributed by atoms with Crippen molar-refractivity contribution < 1.29 is 0 Å². The number of likely N-dealkylation sites (tertiary alicyclic amines) is 1. The van der Waals surface area contributed by atoms with Gasteiger partial charge in [0.2, 0.25) is 0 Å². The van der Waals surface area contributed by atoms with E-state index in [0.717, 1.165) is 48.5 Å². The number of rotatable bonds is 0. The first-order chi connectivity index (χ1) is 8.55. The molecule has 0 atom stereocenters. The van der Waals surface area contributed by atoms with Gasteiger partial charge in [0.25, 0.3) is 0 Å². The molecule has 0 radical (unpaired) electrons. The summed E-state index contributed by atoms with van der Waals surface area (Å²) in [4.78, 5) is 2.25. The first kappa shape index (κ1) is 12.7. The van der Waals surface area contributed by atoms with Gasteiger partial charge in [-0.2, -0.15) is 10.5 Å². The highest BCUT2D eigenvalue weighted by molar-refractivity contribution is 5.52. The molecule has 0 aromatic rings. The van der Waals surface area contributed by atoms with Crippen molar-refractivity contribution in [1.29, 1.82) is 10.5 Å². The van der Waals surface area contributed by atoms with Crippen LogP contribution in [0.25, 0.3) is 0 Å². The number of nitriles is 2. The van der Waals surface area contributed by atoms with E-state index in [1.165, 1.54) is 0 Å². The quantitative estimate of drug-likeness (QED) is 0.704. The smallest absolute Gasteiger partial charge is 0.0975 e. The van der Waals surface area contributed by atoms with Crippen LogP contribution in [0.2, 0.25) is 0 Å². The second-order valence-corrected chi connectivity index (χ2v) is 5.23. The van der Waals surface area contributed by atoms with Crippen LogP contribution in [0.15, 0.2) is 22.5 Å². The molecule has 0 aliphatic carbocycles. The van der Waals surface area contributed by atoms with Crippen molar-refractivity contribution >= 4 is 0 Å². The van der Waals surface area contributed by atoms with Crippen LogP contribution in [0, 0.1) is 28.1 Å². The lowest BCUT2D eigenvalue weighted by atomic mass is 9.65. The molecule has 18 heavy (non-hydrogen) atoms. The molecule has 2 heterocycles. The van der Waals surface area contributed by atoms with E-state index < -0.39 is 0 Å². The fourth-order valence-corrected chi connectivity index (χ4v) is 3.13. The highest BCUT2D eigenvalue weighted by atomic mass is 15.1. The largest absolute Gasteiger partial charge is 0.361 e. The predicted octanol–water partition coefficient (Wildman–Crippen LogP) is 1.90. The Morgan fingerprint density at radius 1 is 1.06 bits per heavy atom. The molecular formula is C14H18N4. The Balaban J connectivity index is 2.54. The minimum Gasteiger partial charge on any atom is -0.361 e. The van der Waals surface area contributed by atoms with Gasteiger partial charge < -0.3 is 10.2 Å². The van der Waals surface area contributed by atoms with Crippen LogP contribution in [-0.4, -0.2) is 25.0 Å². The second-order valence-electron chi connectivity index (χ2n) is 5.23. The minimum absolute atomic E-state index is 0.352. The molecule has 4 heteroatoms. The van der Waals surface area contributed by atoms with Crippen LogP contribution in [-0.2, 0) is 0 Å². The lowest BCUT2D eigenvalue weighted by Gasteiger charge is -2.43. The lowest BCUT2D eigenvalue weighted by Crippen LogP contribution is -2.43. The molecule has 2 rings (SSSR count). The number of nitrogens with zero attached hydrogens (tertiary/aromatic N) is 3. The van der Waals surface area contributed by atoms with Crippen LogP contribution in [0.5, 0.6) is 0 Å². The second kappa shape index (κ2) is 4.48. The number of allylic oxidation sites excluding steroid dienone is 4. The van der Waals surface area contributed by atoms with Gasteiger partial charge in [-0.15, -0.1) is 0 Å². The van der Waals surface area contributed by atoms with Crippen LogP contribution >= 0.6 is 0 Å². The Kier molecular flexibility index (Phi) is 3.15. The van der Waals surface area contributed by atoms with E-state index in [-0.39, 0.29) is 5.41 Å². The van der Waals surface area contributed by atoms with Crippen LogP contribution in [0.4, 0.5) is 0 Å². The summed E-state index contributed by atoms with van der Waals surface area (Å²) in [5.41, 5.74) is 2.95. The third kappa shape index (κ3) is 1.70. The zero-order chi connectivity index (χ0) is 13.3. The van der Waals surface area contributed by atoms with Crippen molar-refractivity contribution in [2.45, 2.75) is 26.7 Å². The molecule has 0 aromatic heterocycles. The van der Waals surface area contributed by atoms with Crippen LogP contribution in [0.3, 0.4) is 0 Å². The van der Waals surface area contributed by atoms with Crippen molar-refractivity contribution in [3.8, 4) is 12.1 Å². The van der Waals surface area contributed by atoms with Gasteiger partial charge in [-0.25, -0.2) is 0 Å². The zero-order valence-corrected chi connectivity index (χ0v) is 11.2. The maximum atomic E-state index is 9.45. The summed E-state index contributed by atoms with van der Waals surface area (Å²) in [7, 11) is 2.08. The molecule has 0 saturated carbocycles. The Labute approximate surface area is 108 Å². The molecule has 4 nitrogen and oxygen atoms in total. The summed E-state index contributed by atoms with van der Waals surface area (Å²) in [6.07, 6.45) is 1.71. The number of nitrogens with one attached hydrogen (secondary N) is 1. The van der Waals surface area contributed by atoms with Gasteiger partial charge in [0.1, 0.15) is 0 Å². The standard InChI is InChI=1S/C14H18N4/c1-10-12(8-15)14(4-6-18(3)7-5-14)13(9-16)11(2)17-10/h17H,4-7H2,1-3H3. The van der Waals surface area contributed by atoms with Gasteiger partial charge in [-0.05, 0) is 46.8 Å². The summed E-state index contributed by atoms with van der Waals surface area (Å²) < 4.78 is 0. The van der Waals surface area contributed by atoms with Crippen molar-refractivity contribution in [3.05, 3.63) is 22.5 Å². The van der Waals surface area contributed by atoms with Crippen molar-refractivity contribution in [2.75, 3.05) is 20.1 Å². The normalized spacial score (nSPS) is 23.6. The van der Waals surface area contributed by atoms with Crippen LogP contribution in [0.1, 0.15) is 26.7 Å². The van der Waals surface area contributed by atoms with E-state index >= 15 is 0 Å². The highest BCUT2D eigenvalue weighted by Gasteiger charge is 2.45. The molecule has 1 fully saturated rings. The molecule has 0 unspecified atom stereocenters. The van der Waals surface area contributed by atoms with E-state index in [2.05, 4.69) is 29.4 Å². The van der Waals surface area contributed by atoms with E-state index in [9.17, 15) is 10.5 Å². The fraction of sp³-hybridized carbons (Fsp3) is 0.571. The van der Waals surface area contributed by atoms with Gasteiger partial charge in [0, 0.05) is 16.8 Å². The molecule has 1 N–H and O–H groups in total. The third-order valence-electron chi connectivity index (χ3n) is 4.15. The maximum Gasteiger partial charge on any atom is 0.0975 e. The predicted molar refractivity (Wildman–Crippen MR) is 68.9 cm³/mol. The molecular weight excluding hydrogens is 224 g/mol. The topological polar surface area (TPSA) is 62.9 Å². The SMILES string of the molecule is CC1=C(C#N)C2(CCN(C)CC2)C(C#N)=C(C)N1. The average Bonchev–Trinajstić information content (AvgIpc) is 2.33. The monoisotopic (exact) mass is 242 g/mol. The molecule has 1 spiro atoms. The third-order valence-corrected chi connectivity index (χ3v) is 4.15.